The number of rotatable bonds is 41. The Morgan fingerprint density at radius 1 is 0.551 bits per heavy atom. The Hall–Kier alpha value is -1.77. The Kier molecular flexibility index (Phi) is 34.8. The standard InChI is InChI=1S/C52H96O16S/c1-5-7-9-11-13-15-17-19-20-21-23-24-26-28-30-32-34-39(3)36-40(4)50(59)66-47-45(57)42(38-54)64-52(67-51-48(68-69(60,61)62)46(58)44(56)41(37-53)63-51)49(47)65-43(55)35-33-31-29-27-25-22-18-16-14-12-10-8-6-2/h36,39,41-42,44-49,51-54,56-58H,5-35,37-38H2,1-4H3,(H,60,61,62)/b40-36+/t39-,41+,42+,44+,45+,46-,47-,48+,49+,51+,52+/m0/s1. The summed E-state index contributed by atoms with van der Waals surface area (Å²) in [6, 6.07) is 0. The minimum atomic E-state index is -5.30. The average Bonchev–Trinajstić information content (AvgIpc) is 3.31. The van der Waals surface area contributed by atoms with Crippen LogP contribution in [-0.2, 0) is 47.9 Å². The van der Waals surface area contributed by atoms with Crippen molar-refractivity contribution in [3.8, 4) is 0 Å². The van der Waals surface area contributed by atoms with E-state index in [9.17, 15) is 48.1 Å². The molecule has 0 aliphatic carbocycles. The molecule has 406 valence electrons. The maximum atomic E-state index is 13.7. The van der Waals surface area contributed by atoms with E-state index >= 15 is 0 Å². The Labute approximate surface area is 415 Å². The Morgan fingerprint density at radius 2 is 0.942 bits per heavy atom. The molecule has 11 atom stereocenters. The summed E-state index contributed by atoms with van der Waals surface area (Å²) in [7, 11) is -5.30. The summed E-state index contributed by atoms with van der Waals surface area (Å²) in [5.74, 6) is -1.58. The lowest BCUT2D eigenvalue weighted by Gasteiger charge is -2.46. The van der Waals surface area contributed by atoms with Crippen LogP contribution >= 0.6 is 0 Å². The second-order valence-corrected chi connectivity index (χ2v) is 20.8. The van der Waals surface area contributed by atoms with E-state index in [1.807, 2.05) is 6.92 Å². The summed E-state index contributed by atoms with van der Waals surface area (Å²) in [5, 5.41) is 52.7. The van der Waals surface area contributed by atoms with Gasteiger partial charge in [0.25, 0.3) is 0 Å². The van der Waals surface area contributed by atoms with E-state index in [4.69, 9.17) is 23.7 Å². The molecular formula is C52H96O16S. The first-order valence-electron chi connectivity index (χ1n) is 27.1. The second kappa shape index (κ2) is 37.9. The third kappa shape index (κ3) is 27.2. The van der Waals surface area contributed by atoms with Crippen LogP contribution in [0.1, 0.15) is 227 Å². The van der Waals surface area contributed by atoms with Crippen LogP contribution < -0.4 is 0 Å². The summed E-state index contributed by atoms with van der Waals surface area (Å²) in [6.07, 6.45) is 18.9. The molecule has 16 nitrogen and oxygen atoms in total. The normalized spacial score (nSPS) is 26.0. The highest BCUT2D eigenvalue weighted by Gasteiger charge is 2.54. The Balaban J connectivity index is 2.04. The van der Waals surface area contributed by atoms with Crippen molar-refractivity contribution in [2.24, 2.45) is 5.92 Å². The van der Waals surface area contributed by atoms with E-state index < -0.39 is 97.0 Å². The number of hydrogen-bond donors (Lipinski definition) is 6. The van der Waals surface area contributed by atoms with E-state index in [2.05, 4.69) is 18.0 Å². The minimum absolute atomic E-state index is 0.0171. The summed E-state index contributed by atoms with van der Waals surface area (Å²) in [5.41, 5.74) is 0.230. The maximum absolute atomic E-state index is 13.7. The van der Waals surface area contributed by atoms with Crippen molar-refractivity contribution in [3.05, 3.63) is 11.6 Å². The largest absolute Gasteiger partial charge is 0.453 e. The molecule has 0 amide bonds. The van der Waals surface area contributed by atoms with Crippen molar-refractivity contribution < 1.29 is 76.0 Å². The molecule has 0 saturated carbocycles. The average molecular weight is 1010 g/mol. The topological polar surface area (TPSA) is 245 Å². The van der Waals surface area contributed by atoms with Gasteiger partial charge in [-0.05, 0) is 25.7 Å². The first kappa shape index (κ1) is 63.3. The Morgan fingerprint density at radius 3 is 1.36 bits per heavy atom. The highest BCUT2D eigenvalue weighted by molar-refractivity contribution is 7.80. The van der Waals surface area contributed by atoms with Gasteiger partial charge in [0, 0.05) is 12.0 Å². The number of hydrogen-bond acceptors (Lipinski definition) is 15. The van der Waals surface area contributed by atoms with Crippen molar-refractivity contribution in [2.45, 2.75) is 288 Å². The van der Waals surface area contributed by atoms with Gasteiger partial charge in [-0.1, -0.05) is 207 Å². The number of aliphatic hydroxyl groups excluding tert-OH is 5. The van der Waals surface area contributed by atoms with Crippen LogP contribution in [0.3, 0.4) is 0 Å². The van der Waals surface area contributed by atoms with Gasteiger partial charge < -0.3 is 49.2 Å². The number of esters is 2. The van der Waals surface area contributed by atoms with E-state index in [0.717, 1.165) is 51.4 Å². The van der Waals surface area contributed by atoms with Gasteiger partial charge in [0.1, 0.15) is 30.5 Å². The highest BCUT2D eigenvalue weighted by Crippen LogP contribution is 2.33. The quantitative estimate of drug-likeness (QED) is 0.0145. The van der Waals surface area contributed by atoms with Crippen LogP contribution in [0.4, 0.5) is 0 Å². The van der Waals surface area contributed by atoms with Gasteiger partial charge in [-0.15, -0.1) is 0 Å². The molecule has 0 unspecified atom stereocenters. The fourth-order valence-corrected chi connectivity index (χ4v) is 9.74. The molecule has 0 aromatic rings. The SMILES string of the molecule is CCCCCCCCCCCCCCCCCC[C@H](C)/C=C(\C)C(=O)O[C@H]1[C@H](O)[C@@H](CO)O[C@H](O[C@H]2O[C@H](CO)[C@@H](O)[C@H](O)[C@H]2OS(=O)(=O)O)[C@@H]1OC(=O)CCCCCCCCCCCCCCC. The third-order valence-corrected chi connectivity index (χ3v) is 14.0. The molecule has 17 heteroatoms. The van der Waals surface area contributed by atoms with Gasteiger partial charge in [0.05, 0.1) is 13.2 Å². The van der Waals surface area contributed by atoms with E-state index in [0.29, 0.717) is 6.42 Å². The molecule has 2 fully saturated rings. The summed E-state index contributed by atoms with van der Waals surface area (Å²) >= 11 is 0. The smallest absolute Gasteiger partial charge is 0.397 e. The molecule has 0 spiro atoms. The van der Waals surface area contributed by atoms with Crippen molar-refractivity contribution in [1.82, 2.24) is 0 Å². The molecule has 2 saturated heterocycles. The summed E-state index contributed by atoms with van der Waals surface area (Å²) < 4.78 is 66.6. The predicted molar refractivity (Wildman–Crippen MR) is 264 cm³/mol. The highest BCUT2D eigenvalue weighted by atomic mass is 32.3. The van der Waals surface area contributed by atoms with Crippen molar-refractivity contribution in [2.75, 3.05) is 13.2 Å². The molecule has 6 N–H and O–H groups in total. The minimum Gasteiger partial charge on any atom is -0.453 e. The van der Waals surface area contributed by atoms with Gasteiger partial charge >= 0.3 is 22.3 Å². The zero-order valence-electron chi connectivity index (χ0n) is 42.9. The third-order valence-electron chi connectivity index (χ3n) is 13.5. The number of carbonyl (C=O) groups is 2. The number of carbonyl (C=O) groups excluding carboxylic acids is 2. The molecule has 2 aliphatic heterocycles. The zero-order valence-corrected chi connectivity index (χ0v) is 43.8. The van der Waals surface area contributed by atoms with Crippen molar-refractivity contribution in [1.29, 1.82) is 0 Å². The molecule has 2 rings (SSSR count). The molecule has 2 heterocycles. The van der Waals surface area contributed by atoms with Gasteiger partial charge in [0.15, 0.2) is 24.6 Å². The van der Waals surface area contributed by atoms with E-state index in [1.165, 1.54) is 135 Å². The second-order valence-electron chi connectivity index (χ2n) is 19.8. The fraction of sp³-hybridized carbons (Fsp3) is 0.923. The summed E-state index contributed by atoms with van der Waals surface area (Å²) in [6.45, 7) is 6.32. The van der Waals surface area contributed by atoms with E-state index in [-0.39, 0.29) is 17.9 Å². The van der Waals surface area contributed by atoms with Gasteiger partial charge in [-0.2, -0.15) is 8.42 Å². The number of aliphatic hydroxyl groups is 5. The van der Waals surface area contributed by atoms with Gasteiger partial charge in [-0.25, -0.2) is 8.98 Å². The van der Waals surface area contributed by atoms with Gasteiger partial charge in [-0.3, -0.25) is 9.35 Å². The lowest BCUT2D eigenvalue weighted by Crippen LogP contribution is -2.65. The molecule has 0 radical (unpaired) electrons. The molecule has 0 bridgehead atoms. The lowest BCUT2D eigenvalue weighted by atomic mass is 9.97. The zero-order chi connectivity index (χ0) is 50.9. The van der Waals surface area contributed by atoms with Crippen LogP contribution in [-0.4, -0.2) is 125 Å². The van der Waals surface area contributed by atoms with E-state index in [1.54, 1.807) is 13.0 Å². The summed E-state index contributed by atoms with van der Waals surface area (Å²) in [4.78, 5) is 27.2. The number of unbranched alkanes of at least 4 members (excludes halogenated alkanes) is 27. The first-order valence-corrected chi connectivity index (χ1v) is 28.5. The van der Waals surface area contributed by atoms with Crippen LogP contribution in [0.25, 0.3) is 0 Å². The molecule has 0 aromatic carbocycles. The predicted octanol–water partition coefficient (Wildman–Crippen LogP) is 9.25. The fourth-order valence-electron chi connectivity index (χ4n) is 9.26. The van der Waals surface area contributed by atoms with Crippen LogP contribution in [0.15, 0.2) is 11.6 Å². The number of ether oxygens (including phenoxy) is 5. The monoisotopic (exact) mass is 1010 g/mol. The van der Waals surface area contributed by atoms with Crippen molar-refractivity contribution in [3.63, 3.8) is 0 Å². The van der Waals surface area contributed by atoms with Gasteiger partial charge in [0.2, 0.25) is 6.29 Å². The van der Waals surface area contributed by atoms with Crippen LogP contribution in [0.5, 0.6) is 0 Å². The maximum Gasteiger partial charge on any atom is 0.397 e. The Bertz CT molecular complexity index is 1460. The lowest BCUT2D eigenvalue weighted by molar-refractivity contribution is -0.374. The first-order chi connectivity index (χ1) is 33.2. The van der Waals surface area contributed by atoms with Crippen LogP contribution in [0.2, 0.25) is 0 Å². The molecular weight excluding hydrogens is 913 g/mol. The number of allylic oxidation sites excluding steroid dienone is 1. The molecule has 0 aromatic heterocycles. The van der Waals surface area contributed by atoms with Crippen LogP contribution in [0, 0.1) is 5.92 Å². The van der Waals surface area contributed by atoms with Crippen molar-refractivity contribution >= 4 is 22.3 Å². The molecule has 69 heavy (non-hydrogen) atoms. The molecule has 2 aliphatic rings.